The lowest BCUT2D eigenvalue weighted by molar-refractivity contribution is 0.0376. The van der Waals surface area contributed by atoms with E-state index in [1.807, 2.05) is 26.0 Å². The Morgan fingerprint density at radius 2 is 1.96 bits per heavy atom. The maximum absolute atomic E-state index is 12.9. The van der Waals surface area contributed by atoms with Crippen LogP contribution in [0.4, 0.5) is 0 Å². The number of ether oxygens (including phenoxy) is 1. The van der Waals surface area contributed by atoms with Crippen LogP contribution in [0.5, 0.6) is 0 Å². The molecule has 1 aliphatic carbocycles. The van der Waals surface area contributed by atoms with E-state index in [0.717, 1.165) is 19.3 Å². The standard InChI is InChI=1S/C21H26N2O3/c1-12(2)26-21(25)18-13(3)19(22-14(18)4)20(24)23-17-11-7-9-15-8-5-6-10-16(15)17/h5-6,8,10,12,17,22H,7,9,11H2,1-4H3,(H,23,24)/t17-/m0/s1. The molecule has 0 saturated heterocycles. The van der Waals surface area contributed by atoms with E-state index < -0.39 is 5.97 Å². The predicted octanol–water partition coefficient (Wildman–Crippen LogP) is 4.00. The van der Waals surface area contributed by atoms with E-state index in [1.165, 1.54) is 11.1 Å². The van der Waals surface area contributed by atoms with Crippen molar-refractivity contribution in [2.75, 3.05) is 0 Å². The van der Waals surface area contributed by atoms with Gasteiger partial charge in [0.1, 0.15) is 5.69 Å². The van der Waals surface area contributed by atoms with Crippen LogP contribution in [-0.2, 0) is 11.2 Å². The molecule has 2 N–H and O–H groups in total. The van der Waals surface area contributed by atoms with Gasteiger partial charge in [-0.1, -0.05) is 24.3 Å². The van der Waals surface area contributed by atoms with Crippen molar-refractivity contribution in [3.8, 4) is 0 Å². The number of amides is 1. The molecule has 26 heavy (non-hydrogen) atoms. The molecular formula is C21H26N2O3. The Labute approximate surface area is 154 Å². The maximum Gasteiger partial charge on any atom is 0.340 e. The number of hydrogen-bond acceptors (Lipinski definition) is 3. The summed E-state index contributed by atoms with van der Waals surface area (Å²) in [7, 11) is 0. The zero-order valence-corrected chi connectivity index (χ0v) is 15.8. The average Bonchev–Trinajstić information content (AvgIpc) is 2.89. The number of esters is 1. The van der Waals surface area contributed by atoms with Crippen molar-refractivity contribution in [2.24, 2.45) is 0 Å². The first kappa shape index (κ1) is 18.2. The van der Waals surface area contributed by atoms with Crippen LogP contribution in [0.2, 0.25) is 0 Å². The first-order valence-corrected chi connectivity index (χ1v) is 9.17. The average molecular weight is 354 g/mol. The third-order valence-corrected chi connectivity index (χ3v) is 4.89. The van der Waals surface area contributed by atoms with Crippen LogP contribution in [0.15, 0.2) is 24.3 Å². The number of fused-ring (bicyclic) bond motifs is 1. The van der Waals surface area contributed by atoms with Crippen LogP contribution >= 0.6 is 0 Å². The lowest BCUT2D eigenvalue weighted by atomic mass is 9.87. The number of carbonyl (C=O) groups is 2. The van der Waals surface area contributed by atoms with Crippen molar-refractivity contribution in [2.45, 2.75) is 59.1 Å². The Hall–Kier alpha value is -2.56. The van der Waals surface area contributed by atoms with E-state index in [2.05, 4.69) is 22.4 Å². The molecule has 0 bridgehead atoms. The summed E-state index contributed by atoms with van der Waals surface area (Å²) in [6.07, 6.45) is 2.82. The normalized spacial score (nSPS) is 16.3. The summed E-state index contributed by atoms with van der Waals surface area (Å²) in [6, 6.07) is 8.25. The Balaban J connectivity index is 1.83. The fourth-order valence-corrected chi connectivity index (χ4v) is 3.69. The minimum absolute atomic E-state index is 0.00141. The van der Waals surface area contributed by atoms with Gasteiger partial charge in [-0.05, 0) is 63.6 Å². The highest BCUT2D eigenvalue weighted by Crippen LogP contribution is 2.30. The number of aryl methyl sites for hydroxylation is 2. The van der Waals surface area contributed by atoms with E-state index in [0.29, 0.717) is 22.5 Å². The second-order valence-corrected chi connectivity index (χ2v) is 7.20. The number of benzene rings is 1. The topological polar surface area (TPSA) is 71.2 Å². The van der Waals surface area contributed by atoms with Gasteiger partial charge < -0.3 is 15.0 Å². The van der Waals surface area contributed by atoms with Crippen molar-refractivity contribution >= 4 is 11.9 Å². The molecule has 1 heterocycles. The molecule has 2 aromatic rings. The van der Waals surface area contributed by atoms with Gasteiger partial charge in [-0.2, -0.15) is 0 Å². The third-order valence-electron chi connectivity index (χ3n) is 4.89. The molecule has 0 radical (unpaired) electrons. The fourth-order valence-electron chi connectivity index (χ4n) is 3.69. The molecule has 1 amide bonds. The third kappa shape index (κ3) is 3.52. The SMILES string of the molecule is Cc1[nH]c(C(=O)N[C@H]2CCCc3ccccc32)c(C)c1C(=O)OC(C)C. The lowest BCUT2D eigenvalue weighted by Gasteiger charge is -2.26. The molecular weight excluding hydrogens is 328 g/mol. The van der Waals surface area contributed by atoms with Crippen molar-refractivity contribution in [3.63, 3.8) is 0 Å². The zero-order chi connectivity index (χ0) is 18.8. The number of carbonyl (C=O) groups excluding carboxylic acids is 2. The molecule has 1 aliphatic rings. The zero-order valence-electron chi connectivity index (χ0n) is 15.8. The quantitative estimate of drug-likeness (QED) is 0.815. The smallest absolute Gasteiger partial charge is 0.340 e. The fraction of sp³-hybridized carbons (Fsp3) is 0.429. The molecule has 0 spiro atoms. The van der Waals surface area contributed by atoms with Crippen LogP contribution in [0, 0.1) is 13.8 Å². The minimum Gasteiger partial charge on any atom is -0.459 e. The van der Waals surface area contributed by atoms with Gasteiger partial charge in [0.05, 0.1) is 17.7 Å². The first-order chi connectivity index (χ1) is 12.4. The van der Waals surface area contributed by atoms with Gasteiger partial charge in [0.15, 0.2) is 0 Å². The van der Waals surface area contributed by atoms with E-state index in [1.54, 1.807) is 13.8 Å². The summed E-state index contributed by atoms with van der Waals surface area (Å²) in [5, 5.41) is 3.13. The van der Waals surface area contributed by atoms with Gasteiger partial charge >= 0.3 is 5.97 Å². The van der Waals surface area contributed by atoms with Crippen LogP contribution in [0.1, 0.15) is 76.0 Å². The van der Waals surface area contributed by atoms with Crippen LogP contribution in [-0.4, -0.2) is 23.0 Å². The van der Waals surface area contributed by atoms with Crippen molar-refractivity contribution in [1.82, 2.24) is 10.3 Å². The van der Waals surface area contributed by atoms with Crippen molar-refractivity contribution in [3.05, 3.63) is 57.9 Å². The number of aromatic nitrogens is 1. The Morgan fingerprint density at radius 3 is 2.69 bits per heavy atom. The second-order valence-electron chi connectivity index (χ2n) is 7.20. The molecule has 0 unspecified atom stereocenters. The molecule has 1 aromatic carbocycles. The summed E-state index contributed by atoms with van der Waals surface area (Å²) in [6.45, 7) is 7.19. The number of nitrogens with one attached hydrogen (secondary N) is 2. The highest BCUT2D eigenvalue weighted by Gasteiger charge is 2.26. The molecule has 5 nitrogen and oxygen atoms in total. The summed E-state index contributed by atoms with van der Waals surface area (Å²) in [5.74, 6) is -0.579. The molecule has 5 heteroatoms. The Bertz CT molecular complexity index is 836. The maximum atomic E-state index is 12.9. The molecule has 138 valence electrons. The first-order valence-electron chi connectivity index (χ1n) is 9.17. The van der Waals surface area contributed by atoms with Gasteiger partial charge in [0, 0.05) is 5.69 Å². The lowest BCUT2D eigenvalue weighted by Crippen LogP contribution is -2.31. The molecule has 0 saturated carbocycles. The van der Waals surface area contributed by atoms with E-state index >= 15 is 0 Å². The second kappa shape index (κ2) is 7.36. The van der Waals surface area contributed by atoms with Crippen molar-refractivity contribution in [1.29, 1.82) is 0 Å². The van der Waals surface area contributed by atoms with Crippen LogP contribution in [0.3, 0.4) is 0 Å². The summed E-state index contributed by atoms with van der Waals surface area (Å²) in [4.78, 5) is 28.2. The highest BCUT2D eigenvalue weighted by atomic mass is 16.5. The van der Waals surface area contributed by atoms with E-state index in [9.17, 15) is 9.59 Å². The summed E-state index contributed by atoms with van der Waals surface area (Å²) < 4.78 is 5.30. The van der Waals surface area contributed by atoms with Gasteiger partial charge in [-0.3, -0.25) is 4.79 Å². The monoisotopic (exact) mass is 354 g/mol. The molecule has 0 aliphatic heterocycles. The molecule has 0 fully saturated rings. The largest absolute Gasteiger partial charge is 0.459 e. The van der Waals surface area contributed by atoms with Gasteiger partial charge in [-0.25, -0.2) is 4.79 Å². The Morgan fingerprint density at radius 1 is 1.23 bits per heavy atom. The number of aromatic amines is 1. The molecule has 1 atom stereocenters. The van der Waals surface area contributed by atoms with Gasteiger partial charge in [-0.15, -0.1) is 0 Å². The predicted molar refractivity (Wildman–Crippen MR) is 100 cm³/mol. The number of H-pyrrole nitrogens is 1. The number of hydrogen-bond donors (Lipinski definition) is 2. The van der Waals surface area contributed by atoms with Crippen LogP contribution < -0.4 is 5.32 Å². The van der Waals surface area contributed by atoms with Crippen LogP contribution in [0.25, 0.3) is 0 Å². The summed E-state index contributed by atoms with van der Waals surface area (Å²) >= 11 is 0. The van der Waals surface area contributed by atoms with Crippen molar-refractivity contribution < 1.29 is 14.3 Å². The minimum atomic E-state index is -0.395. The van der Waals surface area contributed by atoms with E-state index in [4.69, 9.17) is 4.74 Å². The summed E-state index contributed by atoms with van der Waals surface area (Å²) in [5.41, 5.74) is 4.66. The highest BCUT2D eigenvalue weighted by molar-refractivity contribution is 6.00. The molecule has 3 rings (SSSR count). The van der Waals surface area contributed by atoms with Gasteiger partial charge in [0.2, 0.25) is 0 Å². The Kier molecular flexibility index (Phi) is 5.16. The van der Waals surface area contributed by atoms with Gasteiger partial charge in [0.25, 0.3) is 5.91 Å². The van der Waals surface area contributed by atoms with E-state index in [-0.39, 0.29) is 18.1 Å². The number of rotatable bonds is 4. The molecule has 1 aromatic heterocycles.